The zero-order chi connectivity index (χ0) is 21.6. The molecule has 0 saturated heterocycles. The van der Waals surface area contributed by atoms with Crippen LogP contribution in [-0.4, -0.2) is 30.1 Å². The molecule has 2 aromatic rings. The number of hydrogen-bond acceptors (Lipinski definition) is 7. The van der Waals surface area contributed by atoms with Gasteiger partial charge in [-0.2, -0.15) is 5.26 Å². The lowest BCUT2D eigenvalue weighted by atomic mass is 10.2. The van der Waals surface area contributed by atoms with E-state index in [2.05, 4.69) is 5.32 Å². The van der Waals surface area contributed by atoms with Crippen LogP contribution in [0.1, 0.15) is 20.8 Å². The van der Waals surface area contributed by atoms with Crippen LogP contribution in [0.15, 0.2) is 29.1 Å². The van der Waals surface area contributed by atoms with Gasteiger partial charge in [-0.1, -0.05) is 6.07 Å². The van der Waals surface area contributed by atoms with Crippen molar-refractivity contribution in [2.75, 3.05) is 23.9 Å². The fourth-order valence-electron chi connectivity index (χ4n) is 2.51. The standard InChI is InChI=1S/C20H22N4O4S/c1-5-24-18(26)17(29-19(24)16(11-21)20(27)28-6-2)12-22-14-8-7-9-15(10-14)23(4)13(3)25/h7-10,12,22H,5-6H2,1-4H3/b17-12+,19-16-. The van der Waals surface area contributed by atoms with Crippen LogP contribution in [0.2, 0.25) is 0 Å². The molecule has 0 radical (unpaired) electrons. The monoisotopic (exact) mass is 414 g/mol. The lowest BCUT2D eigenvalue weighted by Crippen LogP contribution is -2.32. The van der Waals surface area contributed by atoms with Crippen LogP contribution >= 0.6 is 11.3 Å². The van der Waals surface area contributed by atoms with Crippen LogP contribution in [0.4, 0.5) is 11.4 Å². The van der Waals surface area contributed by atoms with E-state index in [1.165, 1.54) is 22.6 Å². The summed E-state index contributed by atoms with van der Waals surface area (Å²) in [6, 6.07) is 9.00. The summed E-state index contributed by atoms with van der Waals surface area (Å²) in [5.41, 5.74) is 0.883. The molecule has 1 aromatic heterocycles. The molecule has 0 saturated carbocycles. The van der Waals surface area contributed by atoms with Gasteiger partial charge >= 0.3 is 5.97 Å². The molecule has 152 valence electrons. The zero-order valence-electron chi connectivity index (χ0n) is 16.7. The van der Waals surface area contributed by atoms with Gasteiger partial charge < -0.3 is 15.0 Å². The molecule has 0 unspecified atom stereocenters. The number of thiazole rings is 1. The Morgan fingerprint density at radius 2 is 2.10 bits per heavy atom. The molecule has 1 N–H and O–H groups in total. The van der Waals surface area contributed by atoms with Crippen LogP contribution < -0.4 is 25.0 Å². The quantitative estimate of drug-likeness (QED) is 0.707. The summed E-state index contributed by atoms with van der Waals surface area (Å²) >= 11 is 1.04. The maximum atomic E-state index is 12.7. The minimum Gasteiger partial charge on any atom is -0.462 e. The van der Waals surface area contributed by atoms with E-state index >= 15 is 0 Å². The molecular weight excluding hydrogens is 392 g/mol. The number of nitriles is 1. The lowest BCUT2D eigenvalue weighted by Gasteiger charge is -2.15. The van der Waals surface area contributed by atoms with Crippen molar-refractivity contribution in [3.8, 4) is 6.07 Å². The Hall–Kier alpha value is -3.38. The Morgan fingerprint density at radius 1 is 1.38 bits per heavy atom. The van der Waals surface area contributed by atoms with Crippen LogP contribution in [0.25, 0.3) is 11.8 Å². The van der Waals surface area contributed by atoms with Crippen LogP contribution in [-0.2, 0) is 20.9 Å². The molecule has 0 atom stereocenters. The molecule has 1 amide bonds. The summed E-state index contributed by atoms with van der Waals surface area (Å²) in [4.78, 5) is 37.8. The Balaban J connectivity index is 2.51. The van der Waals surface area contributed by atoms with E-state index in [0.29, 0.717) is 22.5 Å². The molecule has 8 nitrogen and oxygen atoms in total. The van der Waals surface area contributed by atoms with E-state index in [4.69, 9.17) is 4.74 Å². The number of rotatable bonds is 6. The first-order valence-corrected chi connectivity index (χ1v) is 9.77. The van der Waals surface area contributed by atoms with E-state index in [0.717, 1.165) is 11.3 Å². The van der Waals surface area contributed by atoms with Crippen LogP contribution in [0.3, 0.4) is 0 Å². The second-order valence-corrected chi connectivity index (χ2v) is 6.98. The predicted molar refractivity (Wildman–Crippen MR) is 113 cm³/mol. The van der Waals surface area contributed by atoms with Gasteiger partial charge in [0.05, 0.1) is 6.61 Å². The van der Waals surface area contributed by atoms with Crippen molar-refractivity contribution in [2.24, 2.45) is 0 Å². The summed E-state index contributed by atoms with van der Waals surface area (Å²) in [6.07, 6.45) is 1.52. The van der Waals surface area contributed by atoms with Gasteiger partial charge in [0.15, 0.2) is 5.57 Å². The first-order valence-electron chi connectivity index (χ1n) is 8.96. The molecule has 0 aliphatic heterocycles. The highest BCUT2D eigenvalue weighted by Crippen LogP contribution is 2.18. The SMILES string of the molecule is CCOC(=O)/C(C#N)=c1\s/c(=C/Nc2cccc(N(C)C(C)=O)c2)c(=O)n1CC. The highest BCUT2D eigenvalue weighted by atomic mass is 32.1. The Labute approximate surface area is 171 Å². The number of aromatic nitrogens is 1. The second kappa shape index (κ2) is 9.71. The summed E-state index contributed by atoms with van der Waals surface area (Å²) in [5.74, 6) is -0.851. The molecule has 0 aliphatic carbocycles. The second-order valence-electron chi connectivity index (χ2n) is 5.95. The van der Waals surface area contributed by atoms with Gasteiger partial charge in [0.25, 0.3) is 5.56 Å². The van der Waals surface area contributed by atoms with Crippen molar-refractivity contribution >= 4 is 46.4 Å². The number of carbonyl (C=O) groups is 2. The molecule has 0 bridgehead atoms. The molecule has 0 aliphatic rings. The molecule has 9 heteroatoms. The van der Waals surface area contributed by atoms with E-state index in [1.807, 2.05) is 6.07 Å². The number of ether oxygens (including phenoxy) is 1. The Bertz CT molecular complexity index is 1140. The number of benzene rings is 1. The van der Waals surface area contributed by atoms with Gasteiger partial charge in [0.2, 0.25) is 5.91 Å². The Kier molecular flexibility index (Phi) is 7.33. The van der Waals surface area contributed by atoms with Crippen molar-refractivity contribution < 1.29 is 14.3 Å². The maximum absolute atomic E-state index is 12.7. The van der Waals surface area contributed by atoms with Crippen LogP contribution in [0, 0.1) is 11.3 Å². The molecule has 0 spiro atoms. The average molecular weight is 414 g/mol. The van der Waals surface area contributed by atoms with Gasteiger partial charge in [-0.05, 0) is 32.0 Å². The number of carbonyl (C=O) groups excluding carboxylic acids is 2. The summed E-state index contributed by atoms with van der Waals surface area (Å²) in [6.45, 7) is 5.32. The fraction of sp³-hybridized carbons (Fsp3) is 0.300. The minimum absolute atomic E-state index is 0.0987. The molecule has 2 rings (SSSR count). The molecular formula is C20H22N4O4S. The number of hydrogen-bond donors (Lipinski definition) is 1. The van der Waals surface area contributed by atoms with Gasteiger partial charge in [-0.3, -0.25) is 14.2 Å². The van der Waals surface area contributed by atoms with Gasteiger partial charge in [0, 0.05) is 38.1 Å². The topological polar surface area (TPSA) is 104 Å². The highest BCUT2D eigenvalue weighted by molar-refractivity contribution is 7.07. The molecule has 1 aromatic carbocycles. The number of nitrogens with one attached hydrogen (secondary N) is 1. The van der Waals surface area contributed by atoms with Gasteiger partial charge in [-0.15, -0.1) is 11.3 Å². The Morgan fingerprint density at radius 3 is 2.69 bits per heavy atom. The van der Waals surface area contributed by atoms with Crippen LogP contribution in [0.5, 0.6) is 0 Å². The third kappa shape index (κ3) is 4.92. The number of esters is 1. The highest BCUT2D eigenvalue weighted by Gasteiger charge is 2.16. The number of anilines is 2. The van der Waals surface area contributed by atoms with Crippen molar-refractivity contribution in [2.45, 2.75) is 27.3 Å². The molecule has 29 heavy (non-hydrogen) atoms. The van der Waals surface area contributed by atoms with Crippen molar-refractivity contribution in [1.82, 2.24) is 4.57 Å². The summed E-state index contributed by atoms with van der Waals surface area (Å²) in [5, 5.41) is 12.4. The average Bonchev–Trinajstić information content (AvgIpc) is 3.02. The number of amides is 1. The predicted octanol–water partition coefficient (Wildman–Crippen LogP) is 1.000. The van der Waals surface area contributed by atoms with Crippen molar-refractivity contribution in [3.63, 3.8) is 0 Å². The lowest BCUT2D eigenvalue weighted by molar-refractivity contribution is -0.136. The van der Waals surface area contributed by atoms with Crippen molar-refractivity contribution in [1.29, 1.82) is 5.26 Å². The minimum atomic E-state index is -0.752. The fourth-order valence-corrected chi connectivity index (χ4v) is 3.59. The van der Waals surface area contributed by atoms with E-state index in [-0.39, 0.29) is 28.3 Å². The molecule has 1 heterocycles. The van der Waals surface area contributed by atoms with Gasteiger partial charge in [0.1, 0.15) is 15.3 Å². The summed E-state index contributed by atoms with van der Waals surface area (Å²) in [7, 11) is 1.67. The van der Waals surface area contributed by atoms with Crippen molar-refractivity contribution in [3.05, 3.63) is 43.8 Å². The smallest absolute Gasteiger partial charge is 0.351 e. The van der Waals surface area contributed by atoms with E-state index in [9.17, 15) is 19.6 Å². The zero-order valence-corrected chi connectivity index (χ0v) is 17.5. The summed E-state index contributed by atoms with van der Waals surface area (Å²) < 4.78 is 6.88. The normalized spacial score (nSPS) is 12.2. The number of nitrogens with zero attached hydrogens (tertiary/aromatic N) is 3. The third-order valence-corrected chi connectivity index (χ3v) is 5.24. The van der Waals surface area contributed by atoms with Gasteiger partial charge in [-0.25, -0.2) is 4.79 Å². The largest absolute Gasteiger partial charge is 0.462 e. The third-order valence-electron chi connectivity index (χ3n) is 4.10. The van der Waals surface area contributed by atoms with E-state index in [1.54, 1.807) is 45.2 Å². The van der Waals surface area contributed by atoms with E-state index < -0.39 is 5.97 Å². The first kappa shape index (κ1) is 21.9. The molecule has 0 fully saturated rings. The first-order chi connectivity index (χ1) is 13.8. The maximum Gasteiger partial charge on any atom is 0.351 e.